The van der Waals surface area contributed by atoms with Crippen LogP contribution in [0.1, 0.15) is 37.1 Å². The minimum absolute atomic E-state index is 0.0120. The zero-order valence-electron chi connectivity index (χ0n) is 9.79. The van der Waals surface area contributed by atoms with Crippen LogP contribution in [-0.4, -0.2) is 16.7 Å². The van der Waals surface area contributed by atoms with Crippen LogP contribution in [0.5, 0.6) is 0 Å². The molecule has 0 saturated carbocycles. The summed E-state index contributed by atoms with van der Waals surface area (Å²) in [5, 5.41) is 2.65. The molecule has 88 valence electrons. The van der Waals surface area contributed by atoms with Crippen LogP contribution in [0.4, 0.5) is 0 Å². The van der Waals surface area contributed by atoms with E-state index in [2.05, 4.69) is 10.3 Å². The van der Waals surface area contributed by atoms with Crippen LogP contribution in [0, 0.1) is 13.8 Å². The standard InChI is InChI=1S/C11H16N2O3/c1-7(14)4-5-10(15)12-6-11-13-8(2)9(3)16-11/h4-6H2,1-3H3,(H,12,15). The quantitative estimate of drug-likeness (QED) is 0.817. The Morgan fingerprint density at radius 1 is 1.31 bits per heavy atom. The molecule has 16 heavy (non-hydrogen) atoms. The number of nitrogens with one attached hydrogen (secondary N) is 1. The van der Waals surface area contributed by atoms with E-state index in [1.165, 1.54) is 6.92 Å². The zero-order chi connectivity index (χ0) is 12.1. The molecule has 0 fully saturated rings. The molecule has 5 nitrogen and oxygen atoms in total. The lowest BCUT2D eigenvalue weighted by molar-refractivity contribution is -0.124. The van der Waals surface area contributed by atoms with Gasteiger partial charge in [-0.3, -0.25) is 4.79 Å². The lowest BCUT2D eigenvalue weighted by Gasteiger charge is -2.00. The molecule has 1 rings (SSSR count). The molecule has 1 amide bonds. The Morgan fingerprint density at radius 3 is 2.50 bits per heavy atom. The lowest BCUT2D eigenvalue weighted by atomic mass is 10.2. The van der Waals surface area contributed by atoms with Crippen molar-refractivity contribution in [2.45, 2.75) is 40.2 Å². The molecule has 0 saturated heterocycles. The first-order chi connectivity index (χ1) is 7.49. The zero-order valence-corrected chi connectivity index (χ0v) is 9.79. The Morgan fingerprint density at radius 2 is 2.00 bits per heavy atom. The van der Waals surface area contributed by atoms with Crippen LogP contribution in [0.15, 0.2) is 4.42 Å². The maximum Gasteiger partial charge on any atom is 0.220 e. The molecule has 0 aliphatic carbocycles. The highest BCUT2D eigenvalue weighted by Crippen LogP contribution is 2.07. The molecule has 0 aliphatic heterocycles. The maximum absolute atomic E-state index is 11.3. The third-order valence-corrected chi connectivity index (χ3v) is 2.21. The van der Waals surface area contributed by atoms with Crippen molar-refractivity contribution in [2.24, 2.45) is 0 Å². The molecular formula is C11H16N2O3. The van der Waals surface area contributed by atoms with E-state index in [-0.39, 0.29) is 31.1 Å². The van der Waals surface area contributed by atoms with E-state index >= 15 is 0 Å². The van der Waals surface area contributed by atoms with Crippen LogP contribution in [0.2, 0.25) is 0 Å². The highest BCUT2D eigenvalue weighted by Gasteiger charge is 2.07. The van der Waals surface area contributed by atoms with Crippen molar-refractivity contribution >= 4 is 11.7 Å². The second kappa shape index (κ2) is 5.44. The van der Waals surface area contributed by atoms with Crippen LogP contribution in [0.25, 0.3) is 0 Å². The van der Waals surface area contributed by atoms with Gasteiger partial charge >= 0.3 is 0 Å². The van der Waals surface area contributed by atoms with E-state index < -0.39 is 0 Å². The second-order valence-electron chi connectivity index (χ2n) is 3.73. The number of Topliss-reactive ketones (excluding diaryl/α,β-unsaturated/α-hetero) is 1. The van der Waals surface area contributed by atoms with Gasteiger partial charge in [-0.15, -0.1) is 0 Å². The number of oxazole rings is 1. The average Bonchev–Trinajstić information content (AvgIpc) is 2.52. The Hall–Kier alpha value is -1.65. The number of carbonyl (C=O) groups is 2. The number of aryl methyl sites for hydroxylation is 2. The first-order valence-electron chi connectivity index (χ1n) is 5.18. The number of amides is 1. The predicted octanol–water partition coefficient (Wildman–Crippen LogP) is 1.28. The van der Waals surface area contributed by atoms with E-state index in [0.717, 1.165) is 11.5 Å². The minimum atomic E-state index is -0.163. The third-order valence-electron chi connectivity index (χ3n) is 2.21. The molecule has 1 aromatic heterocycles. The van der Waals surface area contributed by atoms with Crippen molar-refractivity contribution in [2.75, 3.05) is 0 Å². The van der Waals surface area contributed by atoms with Gasteiger partial charge in [-0.1, -0.05) is 0 Å². The SMILES string of the molecule is CC(=O)CCC(=O)NCc1nc(C)c(C)o1. The highest BCUT2D eigenvalue weighted by molar-refractivity contribution is 5.83. The molecule has 0 unspecified atom stereocenters. The van der Waals surface area contributed by atoms with Gasteiger partial charge in [0.15, 0.2) is 0 Å². The number of nitrogens with zero attached hydrogens (tertiary/aromatic N) is 1. The molecule has 0 atom stereocenters. The Bertz CT molecular complexity index is 376. The van der Waals surface area contributed by atoms with Gasteiger partial charge in [0, 0.05) is 12.8 Å². The molecule has 0 aliphatic rings. The largest absolute Gasteiger partial charge is 0.444 e. The summed E-state index contributed by atoms with van der Waals surface area (Å²) in [4.78, 5) is 26.1. The van der Waals surface area contributed by atoms with Gasteiger partial charge in [-0.2, -0.15) is 0 Å². The van der Waals surface area contributed by atoms with E-state index in [4.69, 9.17) is 4.42 Å². The summed E-state index contributed by atoms with van der Waals surface area (Å²) < 4.78 is 5.30. The third kappa shape index (κ3) is 3.84. The molecule has 5 heteroatoms. The molecule has 0 spiro atoms. The Kier molecular flexibility index (Phi) is 4.22. The van der Waals surface area contributed by atoms with Gasteiger partial charge in [0.1, 0.15) is 11.5 Å². The van der Waals surface area contributed by atoms with Crippen LogP contribution >= 0.6 is 0 Å². The van der Waals surface area contributed by atoms with Gasteiger partial charge in [0.05, 0.1) is 12.2 Å². The van der Waals surface area contributed by atoms with Crippen molar-refractivity contribution in [1.29, 1.82) is 0 Å². The summed E-state index contributed by atoms with van der Waals surface area (Å²) >= 11 is 0. The van der Waals surface area contributed by atoms with Crippen molar-refractivity contribution < 1.29 is 14.0 Å². The monoisotopic (exact) mass is 224 g/mol. The molecule has 0 radical (unpaired) electrons. The number of hydrogen-bond donors (Lipinski definition) is 1. The van der Waals surface area contributed by atoms with Gasteiger partial charge in [0.25, 0.3) is 0 Å². The van der Waals surface area contributed by atoms with E-state index in [1.807, 2.05) is 13.8 Å². The molecule has 1 heterocycles. The topological polar surface area (TPSA) is 72.2 Å². The summed E-state index contributed by atoms with van der Waals surface area (Å²) in [6.07, 6.45) is 0.490. The molecule has 1 aromatic rings. The van der Waals surface area contributed by atoms with E-state index in [0.29, 0.717) is 5.89 Å². The van der Waals surface area contributed by atoms with Crippen molar-refractivity contribution in [1.82, 2.24) is 10.3 Å². The number of carbonyl (C=O) groups excluding carboxylic acids is 2. The first-order valence-corrected chi connectivity index (χ1v) is 5.18. The van der Waals surface area contributed by atoms with E-state index in [9.17, 15) is 9.59 Å². The normalized spacial score (nSPS) is 10.2. The summed E-state index contributed by atoms with van der Waals surface area (Å²) in [5.41, 5.74) is 0.827. The molecule has 0 bridgehead atoms. The fraction of sp³-hybridized carbons (Fsp3) is 0.545. The first kappa shape index (κ1) is 12.4. The maximum atomic E-state index is 11.3. The van der Waals surface area contributed by atoms with Crippen LogP contribution in [0.3, 0.4) is 0 Å². The Labute approximate surface area is 94.2 Å². The van der Waals surface area contributed by atoms with Gasteiger partial charge < -0.3 is 14.5 Å². The fourth-order valence-electron chi connectivity index (χ4n) is 1.17. The second-order valence-corrected chi connectivity index (χ2v) is 3.73. The molecule has 0 aromatic carbocycles. The highest BCUT2D eigenvalue weighted by atomic mass is 16.4. The number of rotatable bonds is 5. The average molecular weight is 224 g/mol. The van der Waals surface area contributed by atoms with Crippen molar-refractivity contribution in [3.05, 3.63) is 17.3 Å². The van der Waals surface area contributed by atoms with Crippen molar-refractivity contribution in [3.8, 4) is 0 Å². The van der Waals surface area contributed by atoms with Crippen LogP contribution < -0.4 is 5.32 Å². The van der Waals surface area contributed by atoms with Gasteiger partial charge in [0.2, 0.25) is 11.8 Å². The summed E-state index contributed by atoms with van der Waals surface area (Å²) in [6, 6.07) is 0. The molecular weight excluding hydrogens is 208 g/mol. The van der Waals surface area contributed by atoms with Gasteiger partial charge in [-0.05, 0) is 20.8 Å². The number of aromatic nitrogens is 1. The summed E-state index contributed by atoms with van der Waals surface area (Å²) in [6.45, 7) is 5.41. The summed E-state index contributed by atoms with van der Waals surface area (Å²) in [5.74, 6) is 1.10. The minimum Gasteiger partial charge on any atom is -0.444 e. The fourth-order valence-corrected chi connectivity index (χ4v) is 1.17. The molecule has 1 N–H and O–H groups in total. The smallest absolute Gasteiger partial charge is 0.220 e. The number of ketones is 1. The van der Waals surface area contributed by atoms with E-state index in [1.54, 1.807) is 0 Å². The van der Waals surface area contributed by atoms with Gasteiger partial charge in [-0.25, -0.2) is 4.98 Å². The Balaban J connectivity index is 2.34. The summed E-state index contributed by atoms with van der Waals surface area (Å²) in [7, 11) is 0. The van der Waals surface area contributed by atoms with Crippen LogP contribution in [-0.2, 0) is 16.1 Å². The lowest BCUT2D eigenvalue weighted by Crippen LogP contribution is -2.23. The number of hydrogen-bond acceptors (Lipinski definition) is 4. The van der Waals surface area contributed by atoms with Crippen molar-refractivity contribution in [3.63, 3.8) is 0 Å². The predicted molar refractivity (Wildman–Crippen MR) is 57.7 cm³/mol.